The van der Waals surface area contributed by atoms with Gasteiger partial charge in [-0.3, -0.25) is 10.1 Å². The average molecular weight is 469 g/mol. The van der Waals surface area contributed by atoms with Crippen LogP contribution in [0.15, 0.2) is 72.8 Å². The zero-order valence-corrected chi connectivity index (χ0v) is 16.0. The fraction of sp³-hybridized carbons (Fsp3) is 0. The number of nitro benzene ring substituents is 1. The van der Waals surface area contributed by atoms with E-state index in [-0.39, 0.29) is 10.6 Å². The van der Waals surface area contributed by atoms with Crippen LogP contribution in [0, 0.1) is 13.7 Å². The number of hydrogen-bond donors (Lipinski definition) is 0. The number of nitrogens with zero attached hydrogens (tertiary/aromatic N) is 5. The Bertz CT molecular complexity index is 1110. The number of halogens is 1. The lowest BCUT2D eigenvalue weighted by Gasteiger charge is -2.12. The monoisotopic (exact) mass is 469 g/mol. The Morgan fingerprint density at radius 1 is 0.889 bits per heavy atom. The smallest absolute Gasteiger partial charge is 0.258 e. The third-order valence-electron chi connectivity index (χ3n) is 4.08. The van der Waals surface area contributed by atoms with E-state index in [1.165, 1.54) is 10.7 Å². The Balaban J connectivity index is 1.98. The second-order valence-electron chi connectivity index (χ2n) is 5.72. The Labute approximate surface area is 168 Å². The van der Waals surface area contributed by atoms with Crippen molar-refractivity contribution in [2.75, 3.05) is 0 Å². The average Bonchev–Trinajstić information content (AvgIpc) is 3.18. The van der Waals surface area contributed by atoms with Gasteiger partial charge in [0.05, 0.1) is 16.2 Å². The fourth-order valence-corrected chi connectivity index (χ4v) is 3.25. The molecule has 1 aromatic heterocycles. The molecule has 0 bridgehead atoms. The quantitative estimate of drug-likeness (QED) is 0.250. The molecule has 4 rings (SSSR count). The predicted molar refractivity (Wildman–Crippen MR) is 109 cm³/mol. The van der Waals surface area contributed by atoms with Crippen LogP contribution in [0.25, 0.3) is 28.2 Å². The van der Waals surface area contributed by atoms with Crippen LogP contribution < -0.4 is 0 Å². The maximum absolute atomic E-state index is 11.7. The molecule has 0 saturated carbocycles. The molecule has 0 aliphatic heterocycles. The summed E-state index contributed by atoms with van der Waals surface area (Å²) in [6, 6.07) is 21.9. The summed E-state index contributed by atoms with van der Waals surface area (Å²) >= 11 is 2.20. The first-order valence-electron chi connectivity index (χ1n) is 8.02. The van der Waals surface area contributed by atoms with Gasteiger partial charge in [-0.15, -0.1) is 5.10 Å². The highest BCUT2D eigenvalue weighted by atomic mass is 127. The fourth-order valence-electron chi connectivity index (χ4n) is 2.89. The van der Waals surface area contributed by atoms with Crippen LogP contribution in [0.4, 0.5) is 5.69 Å². The van der Waals surface area contributed by atoms with Gasteiger partial charge < -0.3 is 0 Å². The maximum atomic E-state index is 11.7. The van der Waals surface area contributed by atoms with E-state index in [1.807, 2.05) is 54.6 Å². The van der Waals surface area contributed by atoms with Crippen molar-refractivity contribution >= 4 is 28.3 Å². The molecule has 27 heavy (non-hydrogen) atoms. The van der Waals surface area contributed by atoms with E-state index in [9.17, 15) is 10.1 Å². The lowest BCUT2D eigenvalue weighted by molar-refractivity contribution is -0.384. The Kier molecular flexibility index (Phi) is 4.63. The van der Waals surface area contributed by atoms with Gasteiger partial charge in [-0.1, -0.05) is 48.5 Å². The molecular weight excluding hydrogens is 457 g/mol. The lowest BCUT2D eigenvalue weighted by Crippen LogP contribution is -2.04. The summed E-state index contributed by atoms with van der Waals surface area (Å²) in [4.78, 5) is 11.3. The second-order valence-corrected chi connectivity index (χ2v) is 6.96. The van der Waals surface area contributed by atoms with E-state index in [4.69, 9.17) is 0 Å². The number of tetrazole rings is 1. The standard InChI is InChI=1S/C19H12IN5O2/c20-15-11-9-13(10-12-15)18-16(7-4-8-17(18)25(26)27)24-19(21-22-23-24)14-5-2-1-3-6-14/h1-12H. The van der Waals surface area contributed by atoms with Crippen molar-refractivity contribution in [3.63, 3.8) is 0 Å². The molecule has 8 heteroatoms. The van der Waals surface area contributed by atoms with Gasteiger partial charge in [-0.2, -0.15) is 4.68 Å². The Morgan fingerprint density at radius 3 is 2.33 bits per heavy atom. The van der Waals surface area contributed by atoms with E-state index in [0.717, 1.165) is 14.7 Å². The third-order valence-corrected chi connectivity index (χ3v) is 4.80. The number of benzene rings is 3. The minimum Gasteiger partial charge on any atom is -0.258 e. The van der Waals surface area contributed by atoms with Crippen molar-refractivity contribution in [2.24, 2.45) is 0 Å². The molecule has 3 aromatic carbocycles. The molecule has 0 spiro atoms. The molecule has 1 heterocycles. The van der Waals surface area contributed by atoms with Crippen molar-refractivity contribution in [3.05, 3.63) is 86.5 Å². The van der Waals surface area contributed by atoms with Crippen LogP contribution in [0.1, 0.15) is 0 Å². The van der Waals surface area contributed by atoms with E-state index >= 15 is 0 Å². The van der Waals surface area contributed by atoms with Gasteiger partial charge in [0.25, 0.3) is 5.69 Å². The van der Waals surface area contributed by atoms with Gasteiger partial charge in [0.1, 0.15) is 0 Å². The SMILES string of the molecule is O=[N+]([O-])c1cccc(-n2nnnc2-c2ccccc2)c1-c1ccc(I)cc1. The van der Waals surface area contributed by atoms with Crippen molar-refractivity contribution < 1.29 is 4.92 Å². The molecule has 0 atom stereocenters. The first-order valence-corrected chi connectivity index (χ1v) is 9.10. The summed E-state index contributed by atoms with van der Waals surface area (Å²) in [6.45, 7) is 0. The second kappa shape index (κ2) is 7.23. The zero-order chi connectivity index (χ0) is 18.8. The van der Waals surface area contributed by atoms with Gasteiger partial charge in [0.2, 0.25) is 0 Å². The third kappa shape index (κ3) is 3.31. The molecule has 4 aromatic rings. The molecule has 132 valence electrons. The highest BCUT2D eigenvalue weighted by Gasteiger charge is 2.23. The Hall–Kier alpha value is -3.14. The number of aromatic nitrogens is 4. The number of nitro groups is 1. The largest absolute Gasteiger partial charge is 0.279 e. The molecule has 0 fully saturated rings. The number of rotatable bonds is 4. The van der Waals surface area contributed by atoms with E-state index in [1.54, 1.807) is 12.1 Å². The maximum Gasteiger partial charge on any atom is 0.279 e. The van der Waals surface area contributed by atoms with Crippen molar-refractivity contribution in [3.8, 4) is 28.2 Å². The number of hydrogen-bond acceptors (Lipinski definition) is 5. The van der Waals surface area contributed by atoms with Crippen LogP contribution in [0.3, 0.4) is 0 Å². The van der Waals surface area contributed by atoms with E-state index in [0.29, 0.717) is 17.1 Å². The van der Waals surface area contributed by atoms with Crippen molar-refractivity contribution in [1.82, 2.24) is 20.2 Å². The van der Waals surface area contributed by atoms with Gasteiger partial charge in [-0.25, -0.2) is 0 Å². The van der Waals surface area contributed by atoms with Crippen LogP contribution in [-0.2, 0) is 0 Å². The van der Waals surface area contributed by atoms with Gasteiger partial charge in [-0.05, 0) is 56.8 Å². The lowest BCUT2D eigenvalue weighted by atomic mass is 10.0. The van der Waals surface area contributed by atoms with Crippen LogP contribution in [0.2, 0.25) is 0 Å². The highest BCUT2D eigenvalue weighted by molar-refractivity contribution is 14.1. The normalized spacial score (nSPS) is 10.7. The van der Waals surface area contributed by atoms with Crippen LogP contribution in [-0.4, -0.2) is 25.1 Å². The molecule has 0 amide bonds. The molecule has 0 aliphatic carbocycles. The minimum atomic E-state index is -0.386. The summed E-state index contributed by atoms with van der Waals surface area (Å²) in [7, 11) is 0. The van der Waals surface area contributed by atoms with Gasteiger partial charge >= 0.3 is 0 Å². The summed E-state index contributed by atoms with van der Waals surface area (Å²) in [5, 5.41) is 23.7. The summed E-state index contributed by atoms with van der Waals surface area (Å²) in [6.07, 6.45) is 0. The van der Waals surface area contributed by atoms with Crippen LogP contribution >= 0.6 is 22.6 Å². The summed E-state index contributed by atoms with van der Waals surface area (Å²) in [5.74, 6) is 0.517. The molecule has 0 unspecified atom stereocenters. The first kappa shape index (κ1) is 17.3. The van der Waals surface area contributed by atoms with Crippen molar-refractivity contribution in [1.29, 1.82) is 0 Å². The molecule has 0 saturated heterocycles. The molecule has 0 radical (unpaired) electrons. The predicted octanol–water partition coefficient (Wildman–Crippen LogP) is 4.51. The zero-order valence-electron chi connectivity index (χ0n) is 13.9. The molecule has 0 N–H and O–H groups in total. The van der Waals surface area contributed by atoms with Gasteiger partial charge in [0, 0.05) is 15.2 Å². The van der Waals surface area contributed by atoms with E-state index < -0.39 is 0 Å². The molecule has 7 nitrogen and oxygen atoms in total. The van der Waals surface area contributed by atoms with Crippen LogP contribution in [0.5, 0.6) is 0 Å². The van der Waals surface area contributed by atoms with Crippen molar-refractivity contribution in [2.45, 2.75) is 0 Å². The topological polar surface area (TPSA) is 86.7 Å². The minimum absolute atomic E-state index is 0.00298. The Morgan fingerprint density at radius 2 is 1.63 bits per heavy atom. The van der Waals surface area contributed by atoms with Gasteiger partial charge in [0.15, 0.2) is 5.82 Å². The van der Waals surface area contributed by atoms with E-state index in [2.05, 4.69) is 38.1 Å². The molecule has 0 aliphatic rings. The summed E-state index contributed by atoms with van der Waals surface area (Å²) in [5.41, 5.74) is 2.58. The summed E-state index contributed by atoms with van der Waals surface area (Å²) < 4.78 is 2.58. The molecular formula is C19H12IN5O2. The first-order chi connectivity index (χ1) is 13.1. The highest BCUT2D eigenvalue weighted by Crippen LogP contribution is 2.36.